The number of aromatic nitrogens is 1. The zero-order valence-corrected chi connectivity index (χ0v) is 13.0. The minimum Gasteiger partial charge on any atom is -0.432 e. The molecule has 3 heterocycles. The van der Waals surface area contributed by atoms with E-state index in [4.69, 9.17) is 9.15 Å². The number of morpholine rings is 1. The molecule has 2 aliphatic rings. The topological polar surface area (TPSA) is 53.8 Å². The summed E-state index contributed by atoms with van der Waals surface area (Å²) < 4.78 is 11.1. The van der Waals surface area contributed by atoms with E-state index in [2.05, 4.69) is 33.9 Å². The van der Waals surface area contributed by atoms with Crippen molar-refractivity contribution < 1.29 is 9.15 Å². The van der Waals surface area contributed by atoms with Crippen LogP contribution < -0.4 is 10.2 Å². The first-order valence-electron chi connectivity index (χ1n) is 7.97. The third kappa shape index (κ3) is 3.75. The molecule has 6 nitrogen and oxygen atoms in total. The standard InChI is InChI=1S/C15H26N4O2/c1-12(2)16-9-13-11-21-15(17-13)19-4-3-14(10-19)18-5-7-20-8-6-18/h11-12,14,16H,3-10H2,1-2H3. The molecule has 2 fully saturated rings. The van der Waals surface area contributed by atoms with Gasteiger partial charge in [-0.1, -0.05) is 13.8 Å². The SMILES string of the molecule is CC(C)NCc1coc(N2CCC(N3CCOCC3)C2)n1. The Kier molecular flexibility index (Phi) is 4.77. The maximum Gasteiger partial charge on any atom is 0.297 e. The predicted octanol–water partition coefficient (Wildman–Crippen LogP) is 1.08. The summed E-state index contributed by atoms with van der Waals surface area (Å²) in [6.07, 6.45) is 2.95. The van der Waals surface area contributed by atoms with Gasteiger partial charge in [0.15, 0.2) is 0 Å². The van der Waals surface area contributed by atoms with Crippen molar-refractivity contribution in [1.82, 2.24) is 15.2 Å². The van der Waals surface area contributed by atoms with E-state index in [-0.39, 0.29) is 0 Å². The highest BCUT2D eigenvalue weighted by Crippen LogP contribution is 2.23. The predicted molar refractivity (Wildman–Crippen MR) is 81.5 cm³/mol. The first-order chi connectivity index (χ1) is 10.2. The summed E-state index contributed by atoms with van der Waals surface area (Å²) >= 11 is 0. The molecule has 1 atom stereocenters. The molecule has 0 radical (unpaired) electrons. The van der Waals surface area contributed by atoms with Crippen molar-refractivity contribution in [2.45, 2.75) is 38.9 Å². The smallest absolute Gasteiger partial charge is 0.297 e. The van der Waals surface area contributed by atoms with Crippen molar-refractivity contribution in [3.8, 4) is 0 Å². The van der Waals surface area contributed by atoms with Crippen LogP contribution in [0.2, 0.25) is 0 Å². The van der Waals surface area contributed by atoms with Gasteiger partial charge in [-0.15, -0.1) is 0 Å². The van der Waals surface area contributed by atoms with E-state index < -0.39 is 0 Å². The fraction of sp³-hybridized carbons (Fsp3) is 0.800. The molecule has 0 spiro atoms. The van der Waals surface area contributed by atoms with Crippen molar-refractivity contribution in [3.05, 3.63) is 12.0 Å². The lowest BCUT2D eigenvalue weighted by Crippen LogP contribution is -2.44. The number of nitrogens with zero attached hydrogens (tertiary/aromatic N) is 3. The van der Waals surface area contributed by atoms with Gasteiger partial charge in [0.05, 0.1) is 18.9 Å². The summed E-state index contributed by atoms with van der Waals surface area (Å²) in [7, 11) is 0. The molecule has 1 aromatic heterocycles. The lowest BCUT2D eigenvalue weighted by molar-refractivity contribution is 0.0209. The van der Waals surface area contributed by atoms with Crippen LogP contribution in [0.5, 0.6) is 0 Å². The minimum absolute atomic E-state index is 0.461. The Morgan fingerprint density at radius 1 is 1.33 bits per heavy atom. The Morgan fingerprint density at radius 2 is 2.14 bits per heavy atom. The largest absolute Gasteiger partial charge is 0.432 e. The van der Waals surface area contributed by atoms with Crippen LogP contribution in [-0.4, -0.2) is 61.4 Å². The molecule has 2 saturated heterocycles. The Hall–Kier alpha value is -1.11. The van der Waals surface area contributed by atoms with Gasteiger partial charge in [-0.05, 0) is 6.42 Å². The molecule has 0 saturated carbocycles. The van der Waals surface area contributed by atoms with Gasteiger partial charge in [0.25, 0.3) is 6.01 Å². The summed E-state index contributed by atoms with van der Waals surface area (Å²) in [5.74, 6) is 0. The molecule has 1 aromatic rings. The maximum atomic E-state index is 5.65. The van der Waals surface area contributed by atoms with E-state index in [1.165, 1.54) is 6.42 Å². The van der Waals surface area contributed by atoms with Crippen LogP contribution in [0.25, 0.3) is 0 Å². The second-order valence-corrected chi connectivity index (χ2v) is 6.19. The van der Waals surface area contributed by atoms with Crippen LogP contribution in [0, 0.1) is 0 Å². The first kappa shape index (κ1) is 14.8. The normalized spacial score (nSPS) is 24.1. The second-order valence-electron chi connectivity index (χ2n) is 6.19. The van der Waals surface area contributed by atoms with Crippen LogP contribution >= 0.6 is 0 Å². The van der Waals surface area contributed by atoms with E-state index in [1.807, 2.05) is 0 Å². The Balaban J connectivity index is 1.53. The van der Waals surface area contributed by atoms with Crippen LogP contribution in [0.15, 0.2) is 10.7 Å². The molecule has 0 aromatic carbocycles. The van der Waals surface area contributed by atoms with Crippen molar-refractivity contribution in [2.24, 2.45) is 0 Å². The third-order valence-electron chi connectivity index (χ3n) is 4.23. The summed E-state index contributed by atoms with van der Waals surface area (Å²) in [4.78, 5) is 9.40. The lowest BCUT2D eigenvalue weighted by atomic mass is 10.2. The zero-order valence-electron chi connectivity index (χ0n) is 13.0. The fourth-order valence-electron chi connectivity index (χ4n) is 2.99. The van der Waals surface area contributed by atoms with Crippen molar-refractivity contribution in [1.29, 1.82) is 0 Å². The van der Waals surface area contributed by atoms with Crippen LogP contribution in [-0.2, 0) is 11.3 Å². The molecule has 1 unspecified atom stereocenters. The van der Waals surface area contributed by atoms with Crippen molar-refractivity contribution in [2.75, 3.05) is 44.3 Å². The molecular formula is C15H26N4O2. The minimum atomic E-state index is 0.461. The summed E-state index contributed by atoms with van der Waals surface area (Å²) in [5, 5.41) is 3.36. The highest BCUT2D eigenvalue weighted by molar-refractivity contribution is 5.29. The molecule has 0 bridgehead atoms. The van der Waals surface area contributed by atoms with Crippen LogP contribution in [0.1, 0.15) is 26.0 Å². The third-order valence-corrected chi connectivity index (χ3v) is 4.23. The molecule has 6 heteroatoms. The van der Waals surface area contributed by atoms with Gasteiger partial charge in [0, 0.05) is 44.8 Å². The molecule has 0 amide bonds. The molecule has 3 rings (SSSR count). The number of nitrogens with one attached hydrogen (secondary N) is 1. The summed E-state index contributed by atoms with van der Waals surface area (Å²) in [5.41, 5.74) is 0.980. The first-order valence-corrected chi connectivity index (χ1v) is 7.97. The van der Waals surface area contributed by atoms with E-state index in [0.29, 0.717) is 12.1 Å². The van der Waals surface area contributed by atoms with E-state index in [0.717, 1.165) is 57.6 Å². The molecule has 2 aliphatic heterocycles. The van der Waals surface area contributed by atoms with Crippen LogP contribution in [0.4, 0.5) is 6.01 Å². The Bertz CT molecular complexity index is 443. The molecular weight excluding hydrogens is 268 g/mol. The van der Waals surface area contributed by atoms with Crippen molar-refractivity contribution >= 4 is 6.01 Å². The molecule has 21 heavy (non-hydrogen) atoms. The maximum absolute atomic E-state index is 5.65. The van der Waals surface area contributed by atoms with Gasteiger partial charge in [0.2, 0.25) is 0 Å². The lowest BCUT2D eigenvalue weighted by Gasteiger charge is -2.31. The van der Waals surface area contributed by atoms with E-state index in [9.17, 15) is 0 Å². The van der Waals surface area contributed by atoms with Gasteiger partial charge < -0.3 is 19.4 Å². The average molecular weight is 294 g/mol. The Morgan fingerprint density at radius 3 is 2.90 bits per heavy atom. The average Bonchev–Trinajstić information content (AvgIpc) is 3.15. The summed E-state index contributed by atoms with van der Waals surface area (Å²) in [6, 6.07) is 1.84. The van der Waals surface area contributed by atoms with Crippen LogP contribution in [0.3, 0.4) is 0 Å². The van der Waals surface area contributed by atoms with E-state index >= 15 is 0 Å². The molecule has 1 N–H and O–H groups in total. The van der Waals surface area contributed by atoms with Gasteiger partial charge in [0.1, 0.15) is 6.26 Å². The number of oxazole rings is 1. The van der Waals surface area contributed by atoms with Gasteiger partial charge in [-0.2, -0.15) is 4.98 Å². The number of hydrogen-bond acceptors (Lipinski definition) is 6. The van der Waals surface area contributed by atoms with Gasteiger partial charge in [-0.3, -0.25) is 4.90 Å². The number of hydrogen-bond donors (Lipinski definition) is 1. The van der Waals surface area contributed by atoms with Crippen molar-refractivity contribution in [3.63, 3.8) is 0 Å². The second kappa shape index (κ2) is 6.77. The highest BCUT2D eigenvalue weighted by Gasteiger charge is 2.30. The van der Waals surface area contributed by atoms with Gasteiger partial charge >= 0.3 is 0 Å². The van der Waals surface area contributed by atoms with E-state index in [1.54, 1.807) is 6.26 Å². The summed E-state index contributed by atoms with van der Waals surface area (Å²) in [6.45, 7) is 10.9. The molecule has 118 valence electrons. The highest BCUT2D eigenvalue weighted by atomic mass is 16.5. The zero-order chi connectivity index (χ0) is 14.7. The Labute approximate surface area is 126 Å². The monoisotopic (exact) mass is 294 g/mol. The number of anilines is 1. The number of rotatable bonds is 5. The number of ether oxygens (including phenoxy) is 1. The fourth-order valence-corrected chi connectivity index (χ4v) is 2.99. The van der Waals surface area contributed by atoms with Gasteiger partial charge in [-0.25, -0.2) is 0 Å². The quantitative estimate of drug-likeness (QED) is 0.877. The molecule has 0 aliphatic carbocycles.